The van der Waals surface area contributed by atoms with E-state index in [1.807, 2.05) is 7.05 Å². The summed E-state index contributed by atoms with van der Waals surface area (Å²) >= 11 is 0. The summed E-state index contributed by atoms with van der Waals surface area (Å²) in [6, 6.07) is 0. The van der Waals surface area contributed by atoms with Crippen LogP contribution in [-0.4, -0.2) is 62.7 Å². The van der Waals surface area contributed by atoms with Crippen LogP contribution < -0.4 is 5.32 Å². The van der Waals surface area contributed by atoms with Gasteiger partial charge in [0, 0.05) is 13.1 Å². The molecule has 0 radical (unpaired) electrons. The zero-order chi connectivity index (χ0) is 12.3. The Bertz CT molecular complexity index is 167. The van der Waals surface area contributed by atoms with Gasteiger partial charge in [0.15, 0.2) is 0 Å². The standard InChI is InChI=1S/C14H31N3/c1-3-9-16(12-7-8-15-2)13-14-17-10-5-4-6-11-17/h15H,3-14H2,1-2H3. The molecule has 1 saturated heterocycles. The number of rotatable bonds is 9. The first kappa shape index (κ1) is 14.9. The SMILES string of the molecule is CCCN(CCCNC)CCN1CCCCC1. The van der Waals surface area contributed by atoms with Crippen molar-refractivity contribution in [2.45, 2.75) is 39.0 Å². The second kappa shape index (κ2) is 9.86. The third-order valence-corrected chi connectivity index (χ3v) is 3.62. The molecule has 0 amide bonds. The van der Waals surface area contributed by atoms with Gasteiger partial charge in [0.2, 0.25) is 0 Å². The van der Waals surface area contributed by atoms with Crippen LogP contribution in [0.15, 0.2) is 0 Å². The molecule has 0 aromatic heterocycles. The van der Waals surface area contributed by atoms with Crippen molar-refractivity contribution in [3.05, 3.63) is 0 Å². The van der Waals surface area contributed by atoms with Gasteiger partial charge in [0.25, 0.3) is 0 Å². The van der Waals surface area contributed by atoms with Crippen molar-refractivity contribution in [3.8, 4) is 0 Å². The molecule has 0 saturated carbocycles. The number of likely N-dealkylation sites (tertiary alicyclic amines) is 1. The lowest BCUT2D eigenvalue weighted by Gasteiger charge is -2.30. The molecule has 1 fully saturated rings. The van der Waals surface area contributed by atoms with Crippen LogP contribution in [0.4, 0.5) is 0 Å². The maximum atomic E-state index is 3.23. The average molecular weight is 241 g/mol. The molecule has 17 heavy (non-hydrogen) atoms. The Morgan fingerprint density at radius 3 is 2.47 bits per heavy atom. The Labute approximate surface area is 108 Å². The molecular weight excluding hydrogens is 210 g/mol. The number of piperidine rings is 1. The summed E-state index contributed by atoms with van der Waals surface area (Å²) in [5.74, 6) is 0. The normalized spacial score (nSPS) is 17.8. The Balaban J connectivity index is 2.13. The molecule has 0 aromatic rings. The third-order valence-electron chi connectivity index (χ3n) is 3.62. The molecule has 102 valence electrons. The van der Waals surface area contributed by atoms with Crippen LogP contribution in [0.25, 0.3) is 0 Å². The fourth-order valence-electron chi connectivity index (χ4n) is 2.60. The van der Waals surface area contributed by atoms with Gasteiger partial charge >= 0.3 is 0 Å². The summed E-state index contributed by atoms with van der Waals surface area (Å²) in [5.41, 5.74) is 0. The molecule has 0 spiro atoms. The van der Waals surface area contributed by atoms with Gasteiger partial charge in [-0.25, -0.2) is 0 Å². The molecule has 1 heterocycles. The smallest absolute Gasteiger partial charge is 0.0109 e. The van der Waals surface area contributed by atoms with Gasteiger partial charge in [0.05, 0.1) is 0 Å². The quantitative estimate of drug-likeness (QED) is 0.621. The molecule has 3 nitrogen and oxygen atoms in total. The fraction of sp³-hybridized carbons (Fsp3) is 1.00. The molecule has 0 unspecified atom stereocenters. The predicted molar refractivity (Wildman–Crippen MR) is 75.6 cm³/mol. The molecule has 1 aliphatic rings. The van der Waals surface area contributed by atoms with Gasteiger partial charge in [-0.15, -0.1) is 0 Å². The van der Waals surface area contributed by atoms with E-state index in [0.717, 1.165) is 6.54 Å². The van der Waals surface area contributed by atoms with Gasteiger partial charge in [-0.3, -0.25) is 0 Å². The van der Waals surface area contributed by atoms with Crippen molar-refractivity contribution in [1.29, 1.82) is 0 Å². The average Bonchev–Trinajstić information content (AvgIpc) is 2.37. The Kier molecular flexibility index (Phi) is 8.67. The molecule has 0 atom stereocenters. The van der Waals surface area contributed by atoms with Crippen molar-refractivity contribution in [1.82, 2.24) is 15.1 Å². The van der Waals surface area contributed by atoms with Crippen LogP contribution in [0.3, 0.4) is 0 Å². The van der Waals surface area contributed by atoms with Crippen molar-refractivity contribution < 1.29 is 0 Å². The first-order valence-corrected chi connectivity index (χ1v) is 7.46. The summed E-state index contributed by atoms with van der Waals surface area (Å²) in [4.78, 5) is 5.27. The summed E-state index contributed by atoms with van der Waals surface area (Å²) in [7, 11) is 2.04. The fourth-order valence-corrected chi connectivity index (χ4v) is 2.60. The Morgan fingerprint density at radius 2 is 1.82 bits per heavy atom. The molecule has 0 aliphatic carbocycles. The Hall–Kier alpha value is -0.120. The first-order chi connectivity index (χ1) is 8.36. The van der Waals surface area contributed by atoms with Crippen LogP contribution in [0, 0.1) is 0 Å². The zero-order valence-electron chi connectivity index (χ0n) is 11.9. The highest BCUT2D eigenvalue weighted by Crippen LogP contribution is 2.08. The number of nitrogens with zero attached hydrogens (tertiary/aromatic N) is 2. The molecule has 1 aliphatic heterocycles. The summed E-state index contributed by atoms with van der Waals surface area (Å²) in [6.07, 6.45) is 6.81. The number of hydrogen-bond acceptors (Lipinski definition) is 3. The minimum atomic E-state index is 1.14. The van der Waals surface area contributed by atoms with Crippen LogP contribution in [0.5, 0.6) is 0 Å². The maximum absolute atomic E-state index is 3.23. The second-order valence-electron chi connectivity index (χ2n) is 5.20. The molecule has 0 bridgehead atoms. The number of nitrogens with one attached hydrogen (secondary N) is 1. The van der Waals surface area contributed by atoms with Crippen LogP contribution in [-0.2, 0) is 0 Å². The minimum absolute atomic E-state index is 1.14. The van der Waals surface area contributed by atoms with Crippen molar-refractivity contribution in [3.63, 3.8) is 0 Å². The van der Waals surface area contributed by atoms with Gasteiger partial charge in [-0.05, 0) is 65.5 Å². The van der Waals surface area contributed by atoms with Gasteiger partial charge in [-0.2, -0.15) is 0 Å². The van der Waals surface area contributed by atoms with Crippen LogP contribution >= 0.6 is 0 Å². The topological polar surface area (TPSA) is 18.5 Å². The summed E-state index contributed by atoms with van der Waals surface area (Å²) in [6.45, 7) is 11.1. The highest BCUT2D eigenvalue weighted by molar-refractivity contribution is 4.67. The zero-order valence-corrected chi connectivity index (χ0v) is 11.9. The van der Waals surface area contributed by atoms with E-state index in [-0.39, 0.29) is 0 Å². The highest BCUT2D eigenvalue weighted by Gasteiger charge is 2.11. The lowest BCUT2D eigenvalue weighted by atomic mass is 10.1. The van der Waals surface area contributed by atoms with E-state index in [2.05, 4.69) is 22.0 Å². The van der Waals surface area contributed by atoms with Crippen molar-refractivity contribution in [2.75, 3.05) is 52.9 Å². The molecular formula is C14H31N3. The highest BCUT2D eigenvalue weighted by atomic mass is 15.2. The third kappa shape index (κ3) is 7.02. The van der Waals surface area contributed by atoms with E-state index in [1.165, 1.54) is 71.4 Å². The first-order valence-electron chi connectivity index (χ1n) is 7.46. The molecule has 1 rings (SSSR count). The molecule has 3 heteroatoms. The lowest BCUT2D eigenvalue weighted by molar-refractivity contribution is 0.180. The molecule has 0 aromatic carbocycles. The number of hydrogen-bond donors (Lipinski definition) is 1. The van der Waals surface area contributed by atoms with E-state index in [0.29, 0.717) is 0 Å². The lowest BCUT2D eigenvalue weighted by Crippen LogP contribution is -2.39. The van der Waals surface area contributed by atoms with Gasteiger partial charge in [-0.1, -0.05) is 13.3 Å². The second-order valence-corrected chi connectivity index (χ2v) is 5.20. The van der Waals surface area contributed by atoms with Crippen LogP contribution in [0.2, 0.25) is 0 Å². The van der Waals surface area contributed by atoms with E-state index in [1.54, 1.807) is 0 Å². The largest absolute Gasteiger partial charge is 0.320 e. The summed E-state index contributed by atoms with van der Waals surface area (Å²) in [5, 5.41) is 3.23. The minimum Gasteiger partial charge on any atom is -0.320 e. The molecule has 1 N–H and O–H groups in total. The van der Waals surface area contributed by atoms with Crippen molar-refractivity contribution >= 4 is 0 Å². The monoisotopic (exact) mass is 241 g/mol. The van der Waals surface area contributed by atoms with Gasteiger partial charge in [0.1, 0.15) is 0 Å². The van der Waals surface area contributed by atoms with E-state index in [4.69, 9.17) is 0 Å². The van der Waals surface area contributed by atoms with Gasteiger partial charge < -0.3 is 15.1 Å². The van der Waals surface area contributed by atoms with E-state index in [9.17, 15) is 0 Å². The van der Waals surface area contributed by atoms with E-state index >= 15 is 0 Å². The predicted octanol–water partition coefficient (Wildman–Crippen LogP) is 1.79. The van der Waals surface area contributed by atoms with E-state index < -0.39 is 0 Å². The van der Waals surface area contributed by atoms with Crippen molar-refractivity contribution in [2.24, 2.45) is 0 Å². The van der Waals surface area contributed by atoms with Crippen LogP contribution in [0.1, 0.15) is 39.0 Å². The maximum Gasteiger partial charge on any atom is 0.0109 e. The summed E-state index contributed by atoms with van der Waals surface area (Å²) < 4.78 is 0. The Morgan fingerprint density at radius 1 is 1.06 bits per heavy atom.